The van der Waals surface area contributed by atoms with Crippen LogP contribution in [0.5, 0.6) is 0 Å². The second-order valence-electron chi connectivity index (χ2n) is 3.94. The second-order valence-corrected chi connectivity index (χ2v) is 3.94. The number of nitriles is 1. The van der Waals surface area contributed by atoms with Gasteiger partial charge >= 0.3 is 6.18 Å². The minimum Gasteiger partial charge on any atom is -0.399 e. The summed E-state index contributed by atoms with van der Waals surface area (Å²) in [5.74, 6) is 0. The van der Waals surface area contributed by atoms with Gasteiger partial charge in [0, 0.05) is 17.6 Å². The van der Waals surface area contributed by atoms with Crippen LogP contribution in [0.15, 0.2) is 36.5 Å². The minimum absolute atomic E-state index is 0.241. The molecule has 1 aromatic carbocycles. The van der Waals surface area contributed by atoms with Crippen LogP contribution in [0.2, 0.25) is 0 Å². The monoisotopic (exact) mass is 278 g/mol. The second kappa shape index (κ2) is 5.09. The van der Waals surface area contributed by atoms with Crippen molar-refractivity contribution in [2.24, 2.45) is 0 Å². The molecule has 0 spiro atoms. The van der Waals surface area contributed by atoms with Crippen molar-refractivity contribution in [1.82, 2.24) is 4.98 Å². The number of nitrogens with one attached hydrogen (secondary N) is 1. The third-order valence-electron chi connectivity index (χ3n) is 2.51. The molecule has 0 aliphatic carbocycles. The van der Waals surface area contributed by atoms with Crippen LogP contribution in [0, 0.1) is 11.3 Å². The van der Waals surface area contributed by atoms with E-state index in [9.17, 15) is 13.2 Å². The molecule has 0 bridgehead atoms. The van der Waals surface area contributed by atoms with Crippen molar-refractivity contribution in [3.63, 3.8) is 0 Å². The van der Waals surface area contributed by atoms with Gasteiger partial charge in [-0.25, -0.2) is 4.98 Å². The van der Waals surface area contributed by atoms with Crippen LogP contribution in [0.4, 0.5) is 30.2 Å². The van der Waals surface area contributed by atoms with Crippen molar-refractivity contribution in [1.29, 1.82) is 5.26 Å². The van der Waals surface area contributed by atoms with Crippen LogP contribution in [-0.2, 0) is 6.18 Å². The molecular weight excluding hydrogens is 269 g/mol. The molecule has 1 heterocycles. The molecule has 2 rings (SSSR count). The predicted molar refractivity (Wildman–Crippen MR) is 68.1 cm³/mol. The number of halogens is 3. The molecule has 0 saturated carbocycles. The third-order valence-corrected chi connectivity index (χ3v) is 2.51. The normalized spacial score (nSPS) is 10.9. The van der Waals surface area contributed by atoms with E-state index >= 15 is 0 Å². The summed E-state index contributed by atoms with van der Waals surface area (Å²) in [6, 6.07) is 8.89. The van der Waals surface area contributed by atoms with Gasteiger partial charge in [-0.2, -0.15) is 18.4 Å². The Balaban J connectivity index is 2.50. The van der Waals surface area contributed by atoms with Crippen LogP contribution >= 0.6 is 0 Å². The quantitative estimate of drug-likeness (QED) is 0.826. The van der Waals surface area contributed by atoms with Gasteiger partial charge in [-0.15, -0.1) is 0 Å². The van der Waals surface area contributed by atoms with E-state index in [1.165, 1.54) is 12.1 Å². The SMILES string of the molecule is N#Cc1nccc(Nc2cccc(N)c2)c1C(F)(F)F. The fourth-order valence-electron chi connectivity index (χ4n) is 1.71. The van der Waals surface area contributed by atoms with E-state index in [0.717, 1.165) is 12.3 Å². The first-order valence-corrected chi connectivity index (χ1v) is 5.50. The van der Waals surface area contributed by atoms with Gasteiger partial charge in [0.15, 0.2) is 5.69 Å². The molecule has 102 valence electrons. The number of hydrogen-bond acceptors (Lipinski definition) is 4. The van der Waals surface area contributed by atoms with Crippen molar-refractivity contribution in [3.8, 4) is 6.07 Å². The van der Waals surface area contributed by atoms with E-state index in [0.29, 0.717) is 11.4 Å². The maximum Gasteiger partial charge on any atom is 0.421 e. The number of pyridine rings is 1. The van der Waals surface area contributed by atoms with Crippen LogP contribution in [-0.4, -0.2) is 4.98 Å². The summed E-state index contributed by atoms with van der Waals surface area (Å²) < 4.78 is 39.1. The molecule has 0 amide bonds. The van der Waals surface area contributed by atoms with Crippen molar-refractivity contribution in [2.45, 2.75) is 6.18 Å². The third kappa shape index (κ3) is 2.80. The molecule has 20 heavy (non-hydrogen) atoms. The van der Waals surface area contributed by atoms with Crippen molar-refractivity contribution >= 4 is 17.1 Å². The fraction of sp³-hybridized carbons (Fsp3) is 0.0769. The van der Waals surface area contributed by atoms with Crippen LogP contribution in [0.25, 0.3) is 0 Å². The van der Waals surface area contributed by atoms with Crippen LogP contribution in [0.3, 0.4) is 0 Å². The van der Waals surface area contributed by atoms with Gasteiger partial charge in [0.05, 0.1) is 5.69 Å². The molecule has 0 unspecified atom stereocenters. The fourth-order valence-corrected chi connectivity index (χ4v) is 1.71. The van der Waals surface area contributed by atoms with Gasteiger partial charge in [0.25, 0.3) is 0 Å². The molecular formula is C13H9F3N4. The molecule has 2 aromatic rings. The molecule has 0 saturated heterocycles. The Hall–Kier alpha value is -2.75. The van der Waals surface area contributed by atoms with Crippen LogP contribution < -0.4 is 11.1 Å². The zero-order valence-electron chi connectivity index (χ0n) is 10.1. The lowest BCUT2D eigenvalue weighted by Crippen LogP contribution is -2.12. The first-order chi connectivity index (χ1) is 9.41. The molecule has 3 N–H and O–H groups in total. The first kappa shape index (κ1) is 13.7. The van der Waals surface area contributed by atoms with Gasteiger partial charge in [-0.05, 0) is 24.3 Å². The Morgan fingerprint density at radius 1 is 1.25 bits per heavy atom. The highest BCUT2D eigenvalue weighted by molar-refractivity contribution is 5.68. The molecule has 0 radical (unpaired) electrons. The zero-order chi connectivity index (χ0) is 14.8. The number of anilines is 3. The average Bonchev–Trinajstić information content (AvgIpc) is 2.37. The van der Waals surface area contributed by atoms with Gasteiger partial charge in [0.1, 0.15) is 11.6 Å². The number of aromatic nitrogens is 1. The van der Waals surface area contributed by atoms with Gasteiger partial charge < -0.3 is 11.1 Å². The van der Waals surface area contributed by atoms with Crippen molar-refractivity contribution in [3.05, 3.63) is 47.8 Å². The molecule has 0 fully saturated rings. The molecule has 7 heteroatoms. The van der Waals surface area contributed by atoms with Crippen LogP contribution in [0.1, 0.15) is 11.3 Å². The van der Waals surface area contributed by atoms with Gasteiger partial charge in [-0.3, -0.25) is 0 Å². The Kier molecular flexibility index (Phi) is 3.48. The number of nitrogens with two attached hydrogens (primary N) is 1. The Morgan fingerprint density at radius 2 is 2.00 bits per heavy atom. The zero-order valence-corrected chi connectivity index (χ0v) is 10.1. The maximum absolute atomic E-state index is 13.0. The number of rotatable bonds is 2. The van der Waals surface area contributed by atoms with E-state index in [2.05, 4.69) is 10.3 Å². The largest absolute Gasteiger partial charge is 0.421 e. The summed E-state index contributed by atoms with van der Waals surface area (Å²) in [6.07, 6.45) is -3.54. The average molecular weight is 278 g/mol. The smallest absolute Gasteiger partial charge is 0.399 e. The van der Waals surface area contributed by atoms with E-state index in [4.69, 9.17) is 11.0 Å². The number of hydrogen-bond donors (Lipinski definition) is 2. The van der Waals surface area contributed by atoms with Gasteiger partial charge in [0.2, 0.25) is 0 Å². The number of nitrogen functional groups attached to an aromatic ring is 1. The van der Waals surface area contributed by atoms with E-state index < -0.39 is 17.4 Å². The topological polar surface area (TPSA) is 74.7 Å². The summed E-state index contributed by atoms with van der Waals surface area (Å²) in [4.78, 5) is 3.44. The van der Waals surface area contributed by atoms with E-state index in [1.54, 1.807) is 18.2 Å². The number of alkyl halides is 3. The van der Waals surface area contributed by atoms with Gasteiger partial charge in [-0.1, -0.05) is 6.07 Å². The lowest BCUT2D eigenvalue weighted by molar-refractivity contribution is -0.137. The highest BCUT2D eigenvalue weighted by Crippen LogP contribution is 2.37. The van der Waals surface area contributed by atoms with Crippen molar-refractivity contribution in [2.75, 3.05) is 11.1 Å². The Labute approximate surface area is 112 Å². The molecule has 0 atom stereocenters. The summed E-state index contributed by atoms with van der Waals surface area (Å²) in [7, 11) is 0. The lowest BCUT2D eigenvalue weighted by Gasteiger charge is -2.15. The highest BCUT2D eigenvalue weighted by Gasteiger charge is 2.37. The number of benzene rings is 1. The maximum atomic E-state index is 13.0. The summed E-state index contributed by atoms with van der Waals surface area (Å²) in [5.41, 5.74) is 4.37. The van der Waals surface area contributed by atoms with E-state index in [1.807, 2.05) is 0 Å². The van der Waals surface area contributed by atoms with Crippen molar-refractivity contribution < 1.29 is 13.2 Å². The predicted octanol–water partition coefficient (Wildman–Crippen LogP) is 3.30. The highest BCUT2D eigenvalue weighted by atomic mass is 19.4. The summed E-state index contributed by atoms with van der Waals surface area (Å²) in [6.45, 7) is 0. The number of nitrogens with zero attached hydrogens (tertiary/aromatic N) is 2. The standard InChI is InChI=1S/C13H9F3N4/c14-13(15,16)12-10(4-5-19-11(12)7-17)20-9-3-1-2-8(18)6-9/h1-6H,18H2,(H,19,20). The molecule has 1 aromatic heterocycles. The first-order valence-electron chi connectivity index (χ1n) is 5.50. The van der Waals surface area contributed by atoms with E-state index in [-0.39, 0.29) is 5.69 Å². The molecule has 4 nitrogen and oxygen atoms in total. The minimum atomic E-state index is -4.68. The summed E-state index contributed by atoms with van der Waals surface area (Å²) >= 11 is 0. The Morgan fingerprint density at radius 3 is 2.60 bits per heavy atom. The molecule has 0 aliphatic rings. The lowest BCUT2D eigenvalue weighted by atomic mass is 10.1. The molecule has 0 aliphatic heterocycles. The Bertz CT molecular complexity index is 674. The summed E-state index contributed by atoms with van der Waals surface area (Å²) in [5, 5.41) is 11.4.